The van der Waals surface area contributed by atoms with Gasteiger partial charge in [-0.05, 0) is 65.9 Å². The van der Waals surface area contributed by atoms with Crippen LogP contribution in [0.15, 0.2) is 60.7 Å². The first-order chi connectivity index (χ1) is 16.7. The van der Waals surface area contributed by atoms with Gasteiger partial charge >= 0.3 is 6.09 Å². The molecule has 3 aromatic carbocycles. The van der Waals surface area contributed by atoms with Crippen LogP contribution in [-0.2, 0) is 10.2 Å². The van der Waals surface area contributed by atoms with Gasteiger partial charge in [-0.3, -0.25) is 4.79 Å². The molecule has 0 saturated carbocycles. The van der Waals surface area contributed by atoms with Gasteiger partial charge in [-0.15, -0.1) is 0 Å². The van der Waals surface area contributed by atoms with Crippen LogP contribution in [0.4, 0.5) is 9.18 Å². The minimum Gasteiger partial charge on any atom is -0.465 e. The van der Waals surface area contributed by atoms with E-state index in [0.717, 1.165) is 21.9 Å². The maximum Gasteiger partial charge on any atom is 0.407 e. The Kier molecular flexibility index (Phi) is 6.74. The molecule has 1 saturated heterocycles. The summed E-state index contributed by atoms with van der Waals surface area (Å²) in [5, 5.41) is 20.8. The highest BCUT2D eigenvalue weighted by atomic mass is 19.1. The van der Waals surface area contributed by atoms with Gasteiger partial charge in [0, 0.05) is 32.0 Å². The lowest BCUT2D eigenvalue weighted by Crippen LogP contribution is -2.47. The molecule has 0 radical (unpaired) electrons. The molecule has 3 aromatic rings. The minimum atomic E-state index is -0.973. The molecule has 1 aliphatic heterocycles. The normalized spacial score (nSPS) is 15.9. The van der Waals surface area contributed by atoms with Crippen molar-refractivity contribution in [3.63, 3.8) is 0 Å². The largest absolute Gasteiger partial charge is 0.465 e. The molecule has 4 rings (SSSR count). The van der Waals surface area contributed by atoms with Crippen molar-refractivity contribution in [2.24, 2.45) is 0 Å². The molecule has 1 atom stereocenters. The summed E-state index contributed by atoms with van der Waals surface area (Å²) in [7, 11) is 1.76. The van der Waals surface area contributed by atoms with E-state index in [-0.39, 0.29) is 24.2 Å². The summed E-state index contributed by atoms with van der Waals surface area (Å²) in [6.45, 7) is 2.57. The first-order valence-corrected chi connectivity index (χ1v) is 11.7. The molecule has 1 aliphatic rings. The van der Waals surface area contributed by atoms with E-state index < -0.39 is 11.5 Å². The molecule has 0 bridgehead atoms. The second-order valence-corrected chi connectivity index (χ2v) is 9.31. The van der Waals surface area contributed by atoms with Crippen LogP contribution in [0.2, 0.25) is 0 Å². The lowest BCUT2D eigenvalue weighted by atomic mass is 9.70. The number of nitriles is 1. The van der Waals surface area contributed by atoms with E-state index in [1.807, 2.05) is 43.3 Å². The summed E-state index contributed by atoms with van der Waals surface area (Å²) in [6.07, 6.45) is 0.166. The van der Waals surface area contributed by atoms with Gasteiger partial charge in [-0.25, -0.2) is 9.18 Å². The monoisotopic (exact) mass is 473 g/mol. The van der Waals surface area contributed by atoms with Gasteiger partial charge in [0.2, 0.25) is 5.91 Å². The zero-order chi connectivity index (χ0) is 25.2. The zero-order valence-corrected chi connectivity index (χ0v) is 19.9. The Morgan fingerprint density at radius 2 is 1.80 bits per heavy atom. The molecule has 1 fully saturated rings. The first kappa shape index (κ1) is 24.2. The number of hydrogen-bond acceptors (Lipinski definition) is 3. The molecule has 1 heterocycles. The van der Waals surface area contributed by atoms with Crippen molar-refractivity contribution in [1.82, 2.24) is 9.80 Å². The van der Waals surface area contributed by atoms with Crippen LogP contribution >= 0.6 is 0 Å². The summed E-state index contributed by atoms with van der Waals surface area (Å²) in [6, 6.07) is 19.6. The molecule has 7 heteroatoms. The molecular weight excluding hydrogens is 445 g/mol. The van der Waals surface area contributed by atoms with E-state index in [1.54, 1.807) is 24.1 Å². The van der Waals surface area contributed by atoms with E-state index in [1.165, 1.54) is 17.0 Å². The van der Waals surface area contributed by atoms with Crippen molar-refractivity contribution >= 4 is 22.8 Å². The van der Waals surface area contributed by atoms with Gasteiger partial charge < -0.3 is 14.9 Å². The zero-order valence-electron chi connectivity index (χ0n) is 19.9. The molecule has 0 aromatic heterocycles. The van der Waals surface area contributed by atoms with Crippen molar-refractivity contribution in [2.45, 2.75) is 37.6 Å². The standard InChI is InChI=1S/C28H28FN3O3/c1-19(25-16-20(18-30)15-21-5-3-4-6-24(21)25)31(2)26(33)17-28(22-7-9-23(29)10-8-22)11-13-32(14-12-28)27(34)35/h3-10,15-16,19H,11-14,17H2,1-2H3,(H,34,35). The van der Waals surface area contributed by atoms with E-state index >= 15 is 0 Å². The van der Waals surface area contributed by atoms with Crippen molar-refractivity contribution in [3.05, 3.63) is 83.2 Å². The fourth-order valence-corrected chi connectivity index (χ4v) is 5.09. The van der Waals surface area contributed by atoms with Gasteiger partial charge in [0.25, 0.3) is 0 Å². The molecule has 180 valence electrons. The molecule has 35 heavy (non-hydrogen) atoms. The third-order valence-corrected chi connectivity index (χ3v) is 7.38. The Hall–Kier alpha value is -3.92. The summed E-state index contributed by atoms with van der Waals surface area (Å²) < 4.78 is 13.6. The smallest absolute Gasteiger partial charge is 0.407 e. The van der Waals surface area contributed by atoms with Crippen molar-refractivity contribution < 1.29 is 19.1 Å². The number of fused-ring (bicyclic) bond motifs is 1. The number of hydrogen-bond donors (Lipinski definition) is 1. The molecular formula is C28H28FN3O3. The molecule has 2 amide bonds. The highest BCUT2D eigenvalue weighted by Crippen LogP contribution is 2.40. The third-order valence-electron chi connectivity index (χ3n) is 7.38. The number of piperidine rings is 1. The SMILES string of the molecule is CC(c1cc(C#N)cc2ccccc12)N(C)C(=O)CC1(c2ccc(F)cc2)CCN(C(=O)O)CC1. The quantitative estimate of drug-likeness (QED) is 0.532. The highest BCUT2D eigenvalue weighted by molar-refractivity contribution is 5.88. The molecule has 0 aliphatic carbocycles. The predicted molar refractivity (Wildman–Crippen MR) is 131 cm³/mol. The number of nitrogens with zero attached hydrogens (tertiary/aromatic N) is 3. The van der Waals surface area contributed by atoms with Crippen LogP contribution in [0, 0.1) is 17.1 Å². The van der Waals surface area contributed by atoms with Crippen molar-refractivity contribution in [3.8, 4) is 6.07 Å². The molecule has 0 spiro atoms. The number of carbonyl (C=O) groups excluding carboxylic acids is 1. The van der Waals surface area contributed by atoms with Crippen LogP contribution in [0.3, 0.4) is 0 Å². The van der Waals surface area contributed by atoms with Crippen molar-refractivity contribution in [1.29, 1.82) is 5.26 Å². The number of likely N-dealkylation sites (tertiary alicyclic amines) is 1. The summed E-state index contributed by atoms with van der Waals surface area (Å²) >= 11 is 0. The third kappa shape index (κ3) is 4.83. The Balaban J connectivity index is 1.63. The van der Waals surface area contributed by atoms with E-state index in [0.29, 0.717) is 31.5 Å². The molecule has 1 unspecified atom stereocenters. The Bertz CT molecular complexity index is 1290. The summed E-state index contributed by atoms with van der Waals surface area (Å²) in [5.41, 5.74) is 1.69. The Morgan fingerprint density at radius 3 is 2.43 bits per heavy atom. The van der Waals surface area contributed by atoms with Crippen LogP contribution in [0.1, 0.15) is 48.9 Å². The Morgan fingerprint density at radius 1 is 1.14 bits per heavy atom. The number of benzene rings is 3. The van der Waals surface area contributed by atoms with Gasteiger partial charge in [0.15, 0.2) is 0 Å². The minimum absolute atomic E-state index is 0.0861. The van der Waals surface area contributed by atoms with Crippen LogP contribution in [-0.4, -0.2) is 47.0 Å². The maximum atomic E-state index is 13.6. The number of carbonyl (C=O) groups is 2. The first-order valence-electron chi connectivity index (χ1n) is 11.7. The van der Waals surface area contributed by atoms with E-state index in [9.17, 15) is 24.3 Å². The van der Waals surface area contributed by atoms with E-state index in [4.69, 9.17) is 0 Å². The fourth-order valence-electron chi connectivity index (χ4n) is 5.09. The van der Waals surface area contributed by atoms with Gasteiger partial charge in [0.05, 0.1) is 17.7 Å². The van der Waals surface area contributed by atoms with Crippen molar-refractivity contribution in [2.75, 3.05) is 20.1 Å². The molecule has 1 N–H and O–H groups in total. The van der Waals surface area contributed by atoms with Crippen LogP contribution < -0.4 is 0 Å². The number of halogens is 1. The predicted octanol–water partition coefficient (Wildman–Crippen LogP) is 5.47. The van der Waals surface area contributed by atoms with Crippen LogP contribution in [0.5, 0.6) is 0 Å². The number of carboxylic acid groups (broad SMARTS) is 1. The second-order valence-electron chi connectivity index (χ2n) is 9.31. The van der Waals surface area contributed by atoms with Gasteiger partial charge in [0.1, 0.15) is 5.82 Å². The van der Waals surface area contributed by atoms with Crippen LogP contribution in [0.25, 0.3) is 10.8 Å². The number of rotatable bonds is 5. The highest BCUT2D eigenvalue weighted by Gasteiger charge is 2.40. The lowest BCUT2D eigenvalue weighted by molar-refractivity contribution is -0.133. The Labute approximate surface area is 204 Å². The average molecular weight is 474 g/mol. The van der Waals surface area contributed by atoms with Gasteiger partial charge in [-0.1, -0.05) is 36.4 Å². The second kappa shape index (κ2) is 9.75. The van der Waals surface area contributed by atoms with E-state index in [2.05, 4.69) is 6.07 Å². The van der Waals surface area contributed by atoms with Gasteiger partial charge in [-0.2, -0.15) is 5.26 Å². The lowest BCUT2D eigenvalue weighted by Gasteiger charge is -2.42. The topological polar surface area (TPSA) is 84.6 Å². The fraction of sp³-hybridized carbons (Fsp3) is 0.321. The maximum absolute atomic E-state index is 13.6. The molecule has 6 nitrogen and oxygen atoms in total. The summed E-state index contributed by atoms with van der Waals surface area (Å²) in [5.74, 6) is -0.440. The number of amides is 2. The summed E-state index contributed by atoms with van der Waals surface area (Å²) in [4.78, 5) is 28.1. The average Bonchev–Trinajstić information content (AvgIpc) is 2.87.